The number of carbonyl (C=O) groups excluding carboxylic acids is 1. The Balaban J connectivity index is 1.33. The molecule has 1 unspecified atom stereocenters. The molecule has 164 valence electrons. The number of nitrogens with one attached hydrogen (secondary N) is 1. The molecule has 5 aliphatic rings. The zero-order chi connectivity index (χ0) is 20.9. The molecule has 1 N–H and O–H groups in total. The van der Waals surface area contributed by atoms with Crippen LogP contribution in [0.25, 0.3) is 0 Å². The predicted octanol–water partition coefficient (Wildman–Crippen LogP) is 4.36. The second-order valence-corrected chi connectivity index (χ2v) is 10.5. The summed E-state index contributed by atoms with van der Waals surface area (Å²) in [5, 5.41) is 3.34. The zero-order valence-corrected chi connectivity index (χ0v) is 18.5. The molecule has 6 rings (SSSR count). The summed E-state index contributed by atoms with van der Waals surface area (Å²) in [7, 11) is 0. The SMILES string of the molecule is CCN1CCN(c2ccc(F)cc2C(C)NC(=O)C23CC4CC(CC(C4)C2)C3)CC1. The van der Waals surface area contributed by atoms with E-state index in [1.165, 1.54) is 19.3 Å². The van der Waals surface area contributed by atoms with Gasteiger partial charge in [-0.25, -0.2) is 4.39 Å². The van der Waals surface area contributed by atoms with Crippen LogP contribution >= 0.6 is 0 Å². The van der Waals surface area contributed by atoms with Gasteiger partial charge in [-0.05, 0) is 87.9 Å². The number of hydrogen-bond acceptors (Lipinski definition) is 3. The lowest BCUT2D eigenvalue weighted by atomic mass is 9.49. The first-order chi connectivity index (χ1) is 14.5. The number of anilines is 1. The van der Waals surface area contributed by atoms with Crippen molar-refractivity contribution in [2.24, 2.45) is 23.2 Å². The third-order valence-electron chi connectivity index (χ3n) is 8.48. The Kier molecular flexibility index (Phi) is 5.29. The van der Waals surface area contributed by atoms with E-state index >= 15 is 0 Å². The number of carbonyl (C=O) groups is 1. The van der Waals surface area contributed by atoms with Crippen molar-refractivity contribution in [3.8, 4) is 0 Å². The predicted molar refractivity (Wildman–Crippen MR) is 118 cm³/mol. The molecule has 1 amide bonds. The molecule has 1 aromatic rings. The molecule has 4 nitrogen and oxygen atoms in total. The zero-order valence-electron chi connectivity index (χ0n) is 18.5. The van der Waals surface area contributed by atoms with Gasteiger partial charge in [0.05, 0.1) is 6.04 Å². The van der Waals surface area contributed by atoms with Crippen LogP contribution in [0.1, 0.15) is 64.0 Å². The molecule has 0 spiro atoms. The van der Waals surface area contributed by atoms with Crippen molar-refractivity contribution in [1.29, 1.82) is 0 Å². The van der Waals surface area contributed by atoms with E-state index in [4.69, 9.17) is 0 Å². The second-order valence-electron chi connectivity index (χ2n) is 10.5. The average Bonchev–Trinajstić information content (AvgIpc) is 2.73. The number of halogens is 1. The molecule has 4 aliphatic carbocycles. The second kappa shape index (κ2) is 7.81. The molecule has 4 bridgehead atoms. The fraction of sp³-hybridized carbons (Fsp3) is 0.720. The number of benzene rings is 1. The molecule has 5 fully saturated rings. The Morgan fingerprint density at radius 2 is 1.70 bits per heavy atom. The standard InChI is InChI=1S/C25H36FN3O/c1-3-28-6-8-29(9-7-28)23-5-4-21(26)13-22(23)17(2)27-24(30)25-14-18-10-19(15-25)12-20(11-18)16-25/h4-5,13,17-20H,3,6-12,14-16H2,1-2H3,(H,27,30). The van der Waals surface area contributed by atoms with Gasteiger partial charge in [-0.3, -0.25) is 4.79 Å². The van der Waals surface area contributed by atoms with E-state index in [9.17, 15) is 9.18 Å². The molecular weight excluding hydrogens is 377 g/mol. The van der Waals surface area contributed by atoms with E-state index in [1.807, 2.05) is 13.0 Å². The van der Waals surface area contributed by atoms with Gasteiger partial charge in [-0.2, -0.15) is 0 Å². The summed E-state index contributed by atoms with van der Waals surface area (Å²) in [4.78, 5) is 18.3. The molecular formula is C25H36FN3O. The van der Waals surface area contributed by atoms with Crippen LogP contribution in [-0.2, 0) is 4.79 Å². The van der Waals surface area contributed by atoms with Gasteiger partial charge in [-0.15, -0.1) is 0 Å². The summed E-state index contributed by atoms with van der Waals surface area (Å²) in [5.74, 6) is 2.24. The Labute approximate surface area is 180 Å². The molecule has 0 aromatic heterocycles. The van der Waals surface area contributed by atoms with E-state index in [-0.39, 0.29) is 23.2 Å². The van der Waals surface area contributed by atoms with Crippen molar-refractivity contribution in [2.75, 3.05) is 37.6 Å². The number of amides is 1. The Morgan fingerprint density at radius 3 is 2.27 bits per heavy atom. The van der Waals surface area contributed by atoms with Crippen LogP contribution in [-0.4, -0.2) is 43.5 Å². The lowest BCUT2D eigenvalue weighted by molar-refractivity contribution is -0.147. The van der Waals surface area contributed by atoms with Crippen LogP contribution < -0.4 is 10.2 Å². The smallest absolute Gasteiger partial charge is 0.226 e. The molecule has 1 saturated heterocycles. The summed E-state index contributed by atoms with van der Waals surface area (Å²) in [6.45, 7) is 9.24. The summed E-state index contributed by atoms with van der Waals surface area (Å²) < 4.78 is 14.2. The maximum absolute atomic E-state index is 14.2. The highest BCUT2D eigenvalue weighted by atomic mass is 19.1. The number of piperazine rings is 1. The lowest BCUT2D eigenvalue weighted by Gasteiger charge is -2.55. The minimum atomic E-state index is -0.225. The highest BCUT2D eigenvalue weighted by Gasteiger charge is 2.54. The van der Waals surface area contributed by atoms with Gasteiger partial charge >= 0.3 is 0 Å². The van der Waals surface area contributed by atoms with Gasteiger partial charge in [0.1, 0.15) is 5.82 Å². The first-order valence-electron chi connectivity index (χ1n) is 12.0. The summed E-state index contributed by atoms with van der Waals surface area (Å²) in [6, 6.07) is 4.91. The van der Waals surface area contributed by atoms with Crippen molar-refractivity contribution in [2.45, 2.75) is 58.4 Å². The van der Waals surface area contributed by atoms with Crippen molar-refractivity contribution in [3.63, 3.8) is 0 Å². The highest BCUT2D eigenvalue weighted by molar-refractivity contribution is 5.83. The number of likely N-dealkylation sites (N-methyl/N-ethyl adjacent to an activating group) is 1. The van der Waals surface area contributed by atoms with Crippen LogP contribution in [0.5, 0.6) is 0 Å². The van der Waals surface area contributed by atoms with Gasteiger partial charge in [-0.1, -0.05) is 6.92 Å². The highest BCUT2D eigenvalue weighted by Crippen LogP contribution is 2.60. The largest absolute Gasteiger partial charge is 0.369 e. The maximum atomic E-state index is 14.2. The molecule has 1 aromatic carbocycles. The number of nitrogens with zero attached hydrogens (tertiary/aromatic N) is 2. The van der Waals surface area contributed by atoms with E-state index in [1.54, 1.807) is 12.1 Å². The van der Waals surface area contributed by atoms with E-state index < -0.39 is 0 Å². The molecule has 5 heteroatoms. The van der Waals surface area contributed by atoms with Gasteiger partial charge in [0.25, 0.3) is 0 Å². The Morgan fingerprint density at radius 1 is 1.10 bits per heavy atom. The molecule has 30 heavy (non-hydrogen) atoms. The average molecular weight is 414 g/mol. The molecule has 0 radical (unpaired) electrons. The van der Waals surface area contributed by atoms with E-state index in [0.29, 0.717) is 0 Å². The quantitative estimate of drug-likeness (QED) is 0.779. The summed E-state index contributed by atoms with van der Waals surface area (Å²) >= 11 is 0. The lowest BCUT2D eigenvalue weighted by Crippen LogP contribution is -2.54. The van der Waals surface area contributed by atoms with Gasteiger partial charge in [0.15, 0.2) is 0 Å². The summed E-state index contributed by atoms with van der Waals surface area (Å²) in [6.07, 6.45) is 7.19. The van der Waals surface area contributed by atoms with Crippen molar-refractivity contribution < 1.29 is 9.18 Å². The molecule has 1 heterocycles. The Hall–Kier alpha value is -1.62. The third kappa shape index (κ3) is 3.63. The fourth-order valence-corrected chi connectivity index (χ4v) is 7.28. The van der Waals surface area contributed by atoms with Crippen molar-refractivity contribution in [3.05, 3.63) is 29.6 Å². The van der Waals surface area contributed by atoms with E-state index in [0.717, 1.165) is 81.0 Å². The summed E-state index contributed by atoms with van der Waals surface area (Å²) in [5.41, 5.74) is 1.83. The van der Waals surface area contributed by atoms with Gasteiger partial charge in [0.2, 0.25) is 5.91 Å². The van der Waals surface area contributed by atoms with Crippen LogP contribution in [0.15, 0.2) is 18.2 Å². The van der Waals surface area contributed by atoms with Crippen molar-refractivity contribution >= 4 is 11.6 Å². The van der Waals surface area contributed by atoms with Crippen LogP contribution in [0.3, 0.4) is 0 Å². The number of hydrogen-bond donors (Lipinski definition) is 1. The normalized spacial score (nSPS) is 34.2. The van der Waals surface area contributed by atoms with Crippen molar-refractivity contribution in [1.82, 2.24) is 10.2 Å². The fourth-order valence-electron chi connectivity index (χ4n) is 7.28. The first-order valence-corrected chi connectivity index (χ1v) is 12.0. The third-order valence-corrected chi connectivity index (χ3v) is 8.48. The van der Waals surface area contributed by atoms with Crippen LogP contribution in [0.4, 0.5) is 10.1 Å². The Bertz CT molecular complexity index is 766. The van der Waals surface area contributed by atoms with Gasteiger partial charge in [0, 0.05) is 42.8 Å². The molecule has 1 atom stereocenters. The first kappa shape index (κ1) is 20.3. The number of rotatable bonds is 5. The van der Waals surface area contributed by atoms with Crippen LogP contribution in [0, 0.1) is 29.0 Å². The minimum Gasteiger partial charge on any atom is -0.369 e. The molecule has 1 aliphatic heterocycles. The van der Waals surface area contributed by atoms with E-state index in [2.05, 4.69) is 22.0 Å². The van der Waals surface area contributed by atoms with Gasteiger partial charge < -0.3 is 15.1 Å². The topological polar surface area (TPSA) is 35.6 Å². The van der Waals surface area contributed by atoms with Crippen LogP contribution in [0.2, 0.25) is 0 Å². The monoisotopic (exact) mass is 413 g/mol. The molecule has 4 saturated carbocycles. The maximum Gasteiger partial charge on any atom is 0.226 e. The minimum absolute atomic E-state index is 0.163.